The molecule has 0 aromatic carbocycles. The Morgan fingerprint density at radius 1 is 1.38 bits per heavy atom. The summed E-state index contributed by atoms with van der Waals surface area (Å²) in [6.07, 6.45) is 2.71. The first-order chi connectivity index (χ1) is 9.95. The molecule has 0 saturated heterocycles. The number of hydrogen-bond acceptors (Lipinski definition) is 5. The third-order valence-corrected chi connectivity index (χ3v) is 2.89. The van der Waals surface area contributed by atoms with Gasteiger partial charge in [-0.25, -0.2) is 9.67 Å². The number of halogens is 2. The highest BCUT2D eigenvalue weighted by Crippen LogP contribution is 2.17. The van der Waals surface area contributed by atoms with Gasteiger partial charge in [-0.2, -0.15) is 0 Å². The van der Waals surface area contributed by atoms with Crippen molar-refractivity contribution in [3.05, 3.63) is 39.9 Å². The molecule has 21 heavy (non-hydrogen) atoms. The molecule has 2 aromatic heterocycles. The van der Waals surface area contributed by atoms with Crippen LogP contribution < -0.4 is 5.32 Å². The number of aromatic nitrogens is 4. The zero-order valence-corrected chi connectivity index (χ0v) is 12.0. The van der Waals surface area contributed by atoms with Crippen molar-refractivity contribution in [2.75, 3.05) is 0 Å². The summed E-state index contributed by atoms with van der Waals surface area (Å²) in [5.74, 6) is -1.48. The molecule has 10 heteroatoms. The highest BCUT2D eigenvalue weighted by atomic mass is 35.5. The Bertz CT molecular complexity index is 688. The molecule has 2 aromatic rings. The van der Waals surface area contributed by atoms with Crippen LogP contribution in [0.25, 0.3) is 0 Å². The molecule has 0 atom stereocenters. The summed E-state index contributed by atoms with van der Waals surface area (Å²) in [6.45, 7) is -0.221. The first kappa shape index (κ1) is 15.2. The lowest BCUT2D eigenvalue weighted by Crippen LogP contribution is -2.23. The molecule has 0 bridgehead atoms. The molecule has 8 nitrogen and oxygen atoms in total. The van der Waals surface area contributed by atoms with E-state index >= 15 is 0 Å². The van der Waals surface area contributed by atoms with Crippen LogP contribution in [-0.2, 0) is 17.9 Å². The molecule has 2 rings (SSSR count). The first-order valence-corrected chi connectivity index (χ1v) is 6.41. The molecule has 110 valence electrons. The number of carbonyl (C=O) groups is 2. The Kier molecular flexibility index (Phi) is 4.71. The average molecular weight is 330 g/mol. The van der Waals surface area contributed by atoms with Crippen molar-refractivity contribution in [1.29, 1.82) is 0 Å². The highest BCUT2D eigenvalue weighted by molar-refractivity contribution is 6.35. The number of amides is 1. The Morgan fingerprint density at radius 2 is 2.14 bits per heavy atom. The molecular formula is C11H9Cl2N5O3. The van der Waals surface area contributed by atoms with Gasteiger partial charge in [-0.15, -0.1) is 5.10 Å². The minimum atomic E-state index is -1.03. The molecule has 2 N–H and O–H groups in total. The Hall–Kier alpha value is -2.19. The van der Waals surface area contributed by atoms with Gasteiger partial charge in [-0.1, -0.05) is 28.4 Å². The molecule has 0 saturated carbocycles. The molecule has 0 radical (unpaired) electrons. The van der Waals surface area contributed by atoms with E-state index in [4.69, 9.17) is 28.3 Å². The van der Waals surface area contributed by atoms with Gasteiger partial charge in [0, 0.05) is 6.20 Å². The smallest absolute Gasteiger partial charge is 0.325 e. The van der Waals surface area contributed by atoms with Gasteiger partial charge in [0.2, 0.25) is 0 Å². The normalized spacial score (nSPS) is 10.4. The van der Waals surface area contributed by atoms with Crippen molar-refractivity contribution in [3.8, 4) is 0 Å². The zero-order valence-electron chi connectivity index (χ0n) is 10.5. The van der Waals surface area contributed by atoms with E-state index in [1.165, 1.54) is 18.5 Å². The van der Waals surface area contributed by atoms with E-state index in [1.807, 2.05) is 0 Å². The standard InChI is InChI=1S/C11H9Cl2N5O3/c12-8-3-14-9(13)1-7(8)11(21)15-2-6-4-18(17-16-6)5-10(19)20/h1,3-4H,2,5H2,(H,15,21)(H,19,20). The molecule has 1 amide bonds. The molecule has 0 unspecified atom stereocenters. The zero-order chi connectivity index (χ0) is 15.4. The van der Waals surface area contributed by atoms with Crippen LogP contribution in [0, 0.1) is 0 Å². The van der Waals surface area contributed by atoms with Crippen LogP contribution in [0.2, 0.25) is 10.2 Å². The van der Waals surface area contributed by atoms with E-state index in [0.717, 1.165) is 4.68 Å². The predicted molar refractivity (Wildman–Crippen MR) is 73.1 cm³/mol. The number of pyridine rings is 1. The van der Waals surface area contributed by atoms with Gasteiger partial charge >= 0.3 is 5.97 Å². The van der Waals surface area contributed by atoms with Crippen LogP contribution in [-0.4, -0.2) is 37.0 Å². The Morgan fingerprint density at radius 3 is 2.86 bits per heavy atom. The summed E-state index contributed by atoms with van der Waals surface area (Å²) in [4.78, 5) is 26.2. The van der Waals surface area contributed by atoms with Gasteiger partial charge in [-0.3, -0.25) is 9.59 Å². The van der Waals surface area contributed by atoms with Crippen molar-refractivity contribution >= 4 is 35.1 Å². The van der Waals surface area contributed by atoms with E-state index in [2.05, 4.69) is 20.6 Å². The maximum Gasteiger partial charge on any atom is 0.325 e. The van der Waals surface area contributed by atoms with Crippen LogP contribution in [0.1, 0.15) is 16.1 Å². The van der Waals surface area contributed by atoms with Gasteiger partial charge in [-0.05, 0) is 6.07 Å². The Balaban J connectivity index is 1.99. The number of aliphatic carboxylic acids is 1. The lowest BCUT2D eigenvalue weighted by molar-refractivity contribution is -0.137. The van der Waals surface area contributed by atoms with Crippen LogP contribution in [0.3, 0.4) is 0 Å². The fourth-order valence-electron chi connectivity index (χ4n) is 1.49. The van der Waals surface area contributed by atoms with E-state index in [9.17, 15) is 9.59 Å². The Labute approximate surface area is 128 Å². The van der Waals surface area contributed by atoms with Crippen molar-refractivity contribution in [1.82, 2.24) is 25.3 Å². The summed E-state index contributed by atoms with van der Waals surface area (Å²) >= 11 is 11.6. The topological polar surface area (TPSA) is 110 Å². The predicted octanol–water partition coefficient (Wildman–Crippen LogP) is 0.994. The van der Waals surface area contributed by atoms with Gasteiger partial charge in [0.15, 0.2) is 0 Å². The number of carboxylic acid groups (broad SMARTS) is 1. The number of nitrogens with zero attached hydrogens (tertiary/aromatic N) is 4. The average Bonchev–Trinajstić information content (AvgIpc) is 2.85. The minimum absolute atomic E-state index is 0.0781. The number of carboxylic acids is 1. The lowest BCUT2D eigenvalue weighted by atomic mass is 10.2. The van der Waals surface area contributed by atoms with Gasteiger partial charge in [0.25, 0.3) is 5.91 Å². The van der Waals surface area contributed by atoms with E-state index in [0.29, 0.717) is 5.69 Å². The molecule has 2 heterocycles. The molecule has 0 aliphatic carbocycles. The van der Waals surface area contributed by atoms with Crippen molar-refractivity contribution in [2.24, 2.45) is 0 Å². The minimum Gasteiger partial charge on any atom is -0.480 e. The van der Waals surface area contributed by atoms with Crippen LogP contribution >= 0.6 is 23.2 Å². The molecular weight excluding hydrogens is 321 g/mol. The molecule has 0 aliphatic rings. The molecule has 0 fully saturated rings. The summed E-state index contributed by atoms with van der Waals surface area (Å²) < 4.78 is 1.15. The maximum absolute atomic E-state index is 11.9. The SMILES string of the molecule is O=C(O)Cn1cc(CNC(=O)c2cc(Cl)ncc2Cl)nn1. The quantitative estimate of drug-likeness (QED) is 0.791. The fraction of sp³-hybridized carbons (Fsp3) is 0.182. The van der Waals surface area contributed by atoms with E-state index in [1.54, 1.807) is 0 Å². The number of carbonyl (C=O) groups excluding carboxylic acids is 1. The number of rotatable bonds is 5. The number of hydrogen-bond donors (Lipinski definition) is 2. The second-order valence-electron chi connectivity index (χ2n) is 3.97. The van der Waals surface area contributed by atoms with Crippen molar-refractivity contribution in [3.63, 3.8) is 0 Å². The maximum atomic E-state index is 11.9. The van der Waals surface area contributed by atoms with Gasteiger partial charge < -0.3 is 10.4 Å². The molecule has 0 aliphatic heterocycles. The van der Waals surface area contributed by atoms with Gasteiger partial charge in [0.05, 0.1) is 23.3 Å². The van der Waals surface area contributed by atoms with Crippen LogP contribution in [0.15, 0.2) is 18.5 Å². The summed E-state index contributed by atoms with van der Waals surface area (Å²) in [5.41, 5.74) is 0.607. The summed E-state index contributed by atoms with van der Waals surface area (Å²) in [6, 6.07) is 1.35. The largest absolute Gasteiger partial charge is 0.480 e. The summed E-state index contributed by atoms with van der Waals surface area (Å²) in [7, 11) is 0. The third kappa shape index (κ3) is 4.14. The second kappa shape index (κ2) is 6.51. The number of nitrogens with one attached hydrogen (secondary N) is 1. The fourth-order valence-corrected chi connectivity index (χ4v) is 1.84. The van der Waals surface area contributed by atoms with E-state index < -0.39 is 11.9 Å². The lowest BCUT2D eigenvalue weighted by Gasteiger charge is -2.05. The van der Waals surface area contributed by atoms with Crippen LogP contribution in [0.5, 0.6) is 0 Å². The van der Waals surface area contributed by atoms with E-state index in [-0.39, 0.29) is 28.8 Å². The highest BCUT2D eigenvalue weighted by Gasteiger charge is 2.12. The first-order valence-electron chi connectivity index (χ1n) is 5.66. The van der Waals surface area contributed by atoms with Crippen LogP contribution in [0.4, 0.5) is 0 Å². The third-order valence-electron chi connectivity index (χ3n) is 2.38. The van der Waals surface area contributed by atoms with Crippen molar-refractivity contribution < 1.29 is 14.7 Å². The van der Waals surface area contributed by atoms with Gasteiger partial charge in [0.1, 0.15) is 17.4 Å². The van der Waals surface area contributed by atoms with Crippen molar-refractivity contribution in [2.45, 2.75) is 13.1 Å². The second-order valence-corrected chi connectivity index (χ2v) is 4.77. The molecule has 0 spiro atoms. The summed E-state index contributed by atoms with van der Waals surface area (Å²) in [5, 5.41) is 18.9. The monoisotopic (exact) mass is 329 g/mol.